The zero-order valence-electron chi connectivity index (χ0n) is 12.8. The lowest BCUT2D eigenvalue weighted by atomic mass is 9.83. The summed E-state index contributed by atoms with van der Waals surface area (Å²) >= 11 is 0. The number of aliphatic hydroxyl groups is 1. The van der Waals surface area contributed by atoms with E-state index in [2.05, 4.69) is 0 Å². The van der Waals surface area contributed by atoms with Gasteiger partial charge in [0.2, 0.25) is 5.91 Å². The molecule has 2 saturated carbocycles. The first kappa shape index (κ1) is 15.8. The van der Waals surface area contributed by atoms with Crippen LogP contribution >= 0.6 is 0 Å². The van der Waals surface area contributed by atoms with Crippen molar-refractivity contribution in [3.8, 4) is 0 Å². The van der Waals surface area contributed by atoms with Gasteiger partial charge in [0, 0.05) is 19.5 Å². The number of nitrogens with zero attached hydrogens (tertiary/aromatic N) is 1. The van der Waals surface area contributed by atoms with Crippen LogP contribution in [0.1, 0.15) is 64.2 Å². The minimum atomic E-state index is -0.328. The second-order valence-electron chi connectivity index (χ2n) is 6.74. The lowest BCUT2D eigenvalue weighted by Gasteiger charge is -2.35. The predicted octanol–water partition coefficient (Wildman–Crippen LogP) is 2.05. The second kappa shape index (κ2) is 7.41. The van der Waals surface area contributed by atoms with Gasteiger partial charge in [-0.1, -0.05) is 12.8 Å². The first-order valence-corrected chi connectivity index (χ1v) is 8.27. The van der Waals surface area contributed by atoms with Gasteiger partial charge in [-0.3, -0.25) is 4.79 Å². The van der Waals surface area contributed by atoms with Crippen molar-refractivity contribution in [1.82, 2.24) is 4.90 Å². The van der Waals surface area contributed by atoms with Crippen LogP contribution in [0.5, 0.6) is 0 Å². The van der Waals surface area contributed by atoms with Crippen molar-refractivity contribution >= 4 is 5.91 Å². The molecule has 4 nitrogen and oxygen atoms in total. The van der Waals surface area contributed by atoms with Crippen LogP contribution < -0.4 is 5.73 Å². The Kier molecular flexibility index (Phi) is 5.85. The van der Waals surface area contributed by atoms with Gasteiger partial charge in [0.15, 0.2) is 0 Å². The summed E-state index contributed by atoms with van der Waals surface area (Å²) in [5, 5.41) is 10.0. The zero-order chi connectivity index (χ0) is 14.5. The van der Waals surface area contributed by atoms with Crippen LogP contribution in [-0.4, -0.2) is 41.1 Å². The number of hydrogen-bond donors (Lipinski definition) is 2. The predicted molar refractivity (Wildman–Crippen MR) is 80.2 cm³/mol. The highest BCUT2D eigenvalue weighted by molar-refractivity contribution is 5.76. The zero-order valence-corrected chi connectivity index (χ0v) is 12.8. The molecule has 2 unspecified atom stereocenters. The smallest absolute Gasteiger partial charge is 0.222 e. The number of hydrogen-bond acceptors (Lipinski definition) is 3. The van der Waals surface area contributed by atoms with E-state index < -0.39 is 0 Å². The molecule has 0 radical (unpaired) electrons. The average Bonchev–Trinajstić information content (AvgIpc) is 2.46. The number of rotatable bonds is 4. The molecule has 0 saturated heterocycles. The Bertz CT molecular complexity index is 314. The van der Waals surface area contributed by atoms with E-state index in [9.17, 15) is 9.90 Å². The molecule has 2 aliphatic rings. The summed E-state index contributed by atoms with van der Waals surface area (Å²) in [5.74, 6) is 0.870. The second-order valence-corrected chi connectivity index (χ2v) is 6.74. The highest BCUT2D eigenvalue weighted by Gasteiger charge is 2.29. The molecular weight excluding hydrogens is 252 g/mol. The van der Waals surface area contributed by atoms with Crippen LogP contribution in [0.2, 0.25) is 0 Å². The summed E-state index contributed by atoms with van der Waals surface area (Å²) in [6, 6.07) is 0.415. The maximum Gasteiger partial charge on any atom is 0.222 e. The van der Waals surface area contributed by atoms with Gasteiger partial charge in [-0.05, 0) is 50.9 Å². The van der Waals surface area contributed by atoms with Gasteiger partial charge in [0.25, 0.3) is 0 Å². The summed E-state index contributed by atoms with van der Waals surface area (Å²) < 4.78 is 0. The van der Waals surface area contributed by atoms with Crippen molar-refractivity contribution < 1.29 is 9.90 Å². The van der Waals surface area contributed by atoms with E-state index in [4.69, 9.17) is 5.73 Å². The minimum absolute atomic E-state index is 0.0380. The van der Waals surface area contributed by atoms with E-state index >= 15 is 0 Å². The fourth-order valence-electron chi connectivity index (χ4n) is 3.71. The Balaban J connectivity index is 1.73. The van der Waals surface area contributed by atoms with Gasteiger partial charge in [-0.2, -0.15) is 0 Å². The van der Waals surface area contributed by atoms with E-state index in [1.54, 1.807) is 4.90 Å². The summed E-state index contributed by atoms with van der Waals surface area (Å²) in [4.78, 5) is 14.1. The van der Waals surface area contributed by atoms with Crippen LogP contribution in [0.4, 0.5) is 0 Å². The third-order valence-corrected chi connectivity index (χ3v) is 5.24. The standard InChI is InChI=1S/C16H30N2O2/c1-18(14-4-2-3-5-15(14)19)16(20)11-8-12-6-9-13(17)10-7-12/h12-15,19H,2-11,17H2,1H3. The maximum atomic E-state index is 12.3. The largest absolute Gasteiger partial charge is 0.391 e. The quantitative estimate of drug-likeness (QED) is 0.829. The minimum Gasteiger partial charge on any atom is -0.391 e. The fourth-order valence-corrected chi connectivity index (χ4v) is 3.71. The normalized spacial score (nSPS) is 34.8. The van der Waals surface area contributed by atoms with E-state index in [0.29, 0.717) is 18.4 Å². The first-order chi connectivity index (χ1) is 9.58. The molecule has 20 heavy (non-hydrogen) atoms. The Morgan fingerprint density at radius 2 is 1.80 bits per heavy atom. The molecule has 0 heterocycles. The number of aliphatic hydroxyl groups excluding tert-OH is 1. The highest BCUT2D eigenvalue weighted by Crippen LogP contribution is 2.28. The number of carbonyl (C=O) groups is 1. The number of likely N-dealkylation sites (N-methyl/N-ethyl adjacent to an activating group) is 1. The molecule has 0 aromatic rings. The fraction of sp³-hybridized carbons (Fsp3) is 0.938. The van der Waals surface area contributed by atoms with E-state index in [1.165, 1.54) is 12.8 Å². The molecule has 2 atom stereocenters. The van der Waals surface area contributed by atoms with E-state index in [0.717, 1.165) is 44.9 Å². The third kappa shape index (κ3) is 4.19. The van der Waals surface area contributed by atoms with E-state index in [1.807, 2.05) is 7.05 Å². The van der Waals surface area contributed by atoms with Crippen molar-refractivity contribution in [3.63, 3.8) is 0 Å². The Labute approximate surface area is 122 Å². The summed E-state index contributed by atoms with van der Waals surface area (Å²) in [7, 11) is 1.86. The molecule has 0 bridgehead atoms. The van der Waals surface area contributed by atoms with Crippen molar-refractivity contribution in [1.29, 1.82) is 0 Å². The van der Waals surface area contributed by atoms with Crippen LogP contribution in [0, 0.1) is 5.92 Å². The number of amides is 1. The van der Waals surface area contributed by atoms with Crippen molar-refractivity contribution in [2.75, 3.05) is 7.05 Å². The van der Waals surface area contributed by atoms with Crippen LogP contribution in [0.15, 0.2) is 0 Å². The molecular formula is C16H30N2O2. The van der Waals surface area contributed by atoms with Crippen LogP contribution in [-0.2, 0) is 4.79 Å². The summed E-state index contributed by atoms with van der Waals surface area (Å²) in [6.45, 7) is 0. The number of nitrogens with two attached hydrogens (primary N) is 1. The van der Waals surface area contributed by atoms with Crippen LogP contribution in [0.3, 0.4) is 0 Å². The maximum absolute atomic E-state index is 12.3. The highest BCUT2D eigenvalue weighted by atomic mass is 16.3. The van der Waals surface area contributed by atoms with Gasteiger partial charge in [0.05, 0.1) is 12.1 Å². The molecule has 1 amide bonds. The topological polar surface area (TPSA) is 66.6 Å². The van der Waals surface area contributed by atoms with Gasteiger partial charge in [-0.15, -0.1) is 0 Å². The molecule has 0 spiro atoms. The molecule has 4 heteroatoms. The molecule has 2 rings (SSSR count). The molecule has 2 aliphatic carbocycles. The van der Waals surface area contributed by atoms with Gasteiger partial charge in [0.1, 0.15) is 0 Å². The molecule has 0 aliphatic heterocycles. The monoisotopic (exact) mass is 282 g/mol. The summed E-state index contributed by atoms with van der Waals surface area (Å²) in [6.07, 6.45) is 9.83. The van der Waals surface area contributed by atoms with E-state index in [-0.39, 0.29) is 18.1 Å². The Hall–Kier alpha value is -0.610. The third-order valence-electron chi connectivity index (χ3n) is 5.24. The van der Waals surface area contributed by atoms with Crippen molar-refractivity contribution in [2.24, 2.45) is 11.7 Å². The first-order valence-electron chi connectivity index (χ1n) is 8.27. The van der Waals surface area contributed by atoms with Gasteiger partial charge >= 0.3 is 0 Å². The molecule has 116 valence electrons. The molecule has 0 aromatic carbocycles. The van der Waals surface area contributed by atoms with Crippen molar-refractivity contribution in [3.05, 3.63) is 0 Å². The lowest BCUT2D eigenvalue weighted by molar-refractivity contribution is -0.135. The van der Waals surface area contributed by atoms with Crippen LogP contribution in [0.25, 0.3) is 0 Å². The molecule has 3 N–H and O–H groups in total. The Morgan fingerprint density at radius 3 is 2.45 bits per heavy atom. The number of carbonyl (C=O) groups excluding carboxylic acids is 1. The van der Waals surface area contributed by atoms with Gasteiger partial charge in [-0.25, -0.2) is 0 Å². The van der Waals surface area contributed by atoms with Gasteiger partial charge < -0.3 is 15.7 Å². The SMILES string of the molecule is CN(C(=O)CCC1CCC(N)CC1)C1CCCCC1O. The average molecular weight is 282 g/mol. The van der Waals surface area contributed by atoms with Crippen molar-refractivity contribution in [2.45, 2.75) is 82.4 Å². The molecule has 0 aromatic heterocycles. The Morgan fingerprint density at radius 1 is 1.15 bits per heavy atom. The summed E-state index contributed by atoms with van der Waals surface area (Å²) in [5.41, 5.74) is 5.91. The lowest BCUT2D eigenvalue weighted by Crippen LogP contribution is -2.46. The molecule has 2 fully saturated rings.